The zero-order chi connectivity index (χ0) is 29.3. The maximum atomic E-state index is 12.8. The fourth-order valence-corrected chi connectivity index (χ4v) is 4.98. The molecule has 1 aliphatic rings. The molecule has 7 heteroatoms. The van der Waals surface area contributed by atoms with Crippen LogP contribution >= 0.6 is 0 Å². The lowest BCUT2D eigenvalue weighted by Gasteiger charge is -2.18. The number of hydrogen-bond donors (Lipinski definition) is 2. The van der Waals surface area contributed by atoms with Gasteiger partial charge in [0, 0.05) is 24.4 Å². The predicted octanol–water partition coefficient (Wildman–Crippen LogP) is 5.59. The number of amides is 2. The standard InChI is InChI=1S/C35H30N2O5/c1-2-10-32(37-35(40)42-23-31-29-15-8-6-13-27(29)28-14-7-9-16-30(28)31)34(39)41-22-25-17-19-26(20-18-25)33(38)36-21-24-11-4-3-5-12-24/h1,3-9,11-20,31-32H,10,21-23H2,(H,36,38)(H,37,40)/t32-/m0/s1. The van der Waals surface area contributed by atoms with Crippen molar-refractivity contribution >= 4 is 18.0 Å². The molecule has 0 aliphatic heterocycles. The van der Waals surface area contributed by atoms with Crippen LogP contribution < -0.4 is 10.6 Å². The second-order valence-corrected chi connectivity index (χ2v) is 9.90. The maximum Gasteiger partial charge on any atom is 0.407 e. The summed E-state index contributed by atoms with van der Waals surface area (Å²) in [5, 5.41) is 5.42. The second kappa shape index (κ2) is 13.3. The summed E-state index contributed by atoms with van der Waals surface area (Å²) < 4.78 is 11.0. The van der Waals surface area contributed by atoms with Gasteiger partial charge in [-0.2, -0.15) is 0 Å². The molecule has 0 fully saturated rings. The van der Waals surface area contributed by atoms with Gasteiger partial charge in [-0.05, 0) is 45.5 Å². The van der Waals surface area contributed by atoms with Crippen molar-refractivity contribution in [1.29, 1.82) is 0 Å². The minimum atomic E-state index is -1.06. The van der Waals surface area contributed by atoms with Crippen LogP contribution in [0.25, 0.3) is 11.1 Å². The molecule has 0 spiro atoms. The van der Waals surface area contributed by atoms with Crippen LogP contribution in [0.3, 0.4) is 0 Å². The van der Waals surface area contributed by atoms with E-state index in [1.54, 1.807) is 24.3 Å². The molecule has 0 heterocycles. The number of fused-ring (bicyclic) bond motifs is 3. The van der Waals surface area contributed by atoms with Gasteiger partial charge >= 0.3 is 12.1 Å². The summed E-state index contributed by atoms with van der Waals surface area (Å²) in [5.74, 6) is 1.42. The SMILES string of the molecule is C#CC[C@H](NC(=O)OCC1c2ccccc2-c2ccccc21)C(=O)OCc1ccc(C(=O)NCc2ccccc2)cc1. The monoisotopic (exact) mass is 558 g/mol. The first-order valence-electron chi connectivity index (χ1n) is 13.7. The van der Waals surface area contributed by atoms with E-state index in [0.29, 0.717) is 17.7 Å². The first-order chi connectivity index (χ1) is 20.5. The zero-order valence-corrected chi connectivity index (χ0v) is 22.9. The van der Waals surface area contributed by atoms with Crippen LogP contribution in [-0.2, 0) is 27.4 Å². The molecular weight excluding hydrogens is 528 g/mol. The minimum Gasteiger partial charge on any atom is -0.459 e. The number of esters is 1. The summed E-state index contributed by atoms with van der Waals surface area (Å²) >= 11 is 0. The third kappa shape index (κ3) is 6.68. The van der Waals surface area contributed by atoms with E-state index in [0.717, 1.165) is 27.8 Å². The smallest absolute Gasteiger partial charge is 0.407 e. The van der Waals surface area contributed by atoms with Crippen molar-refractivity contribution < 1.29 is 23.9 Å². The molecule has 0 unspecified atom stereocenters. The Labute approximate surface area is 244 Å². The molecular formula is C35H30N2O5. The quantitative estimate of drug-likeness (QED) is 0.196. The van der Waals surface area contributed by atoms with Gasteiger partial charge in [0.1, 0.15) is 19.3 Å². The van der Waals surface area contributed by atoms with E-state index < -0.39 is 18.1 Å². The summed E-state index contributed by atoms with van der Waals surface area (Å²) in [4.78, 5) is 37.9. The Morgan fingerprint density at radius 1 is 0.762 bits per heavy atom. The molecule has 210 valence electrons. The summed E-state index contributed by atoms with van der Waals surface area (Å²) in [6.45, 7) is 0.493. The molecule has 7 nitrogen and oxygen atoms in total. The average Bonchev–Trinajstić information content (AvgIpc) is 3.35. The Kier molecular flexibility index (Phi) is 8.95. The number of terminal acetylenes is 1. The number of alkyl carbamates (subject to hydrolysis) is 1. The molecule has 1 atom stereocenters. The highest BCUT2D eigenvalue weighted by molar-refractivity contribution is 5.94. The highest BCUT2D eigenvalue weighted by Gasteiger charge is 2.30. The van der Waals surface area contributed by atoms with Crippen molar-refractivity contribution in [3.8, 4) is 23.5 Å². The molecule has 2 N–H and O–H groups in total. The topological polar surface area (TPSA) is 93.7 Å². The summed E-state index contributed by atoms with van der Waals surface area (Å²) in [6.07, 6.45) is 4.65. The lowest BCUT2D eigenvalue weighted by molar-refractivity contribution is -0.147. The molecule has 0 bridgehead atoms. The third-order valence-corrected chi connectivity index (χ3v) is 7.14. The molecule has 4 aromatic rings. The Hall–Kier alpha value is -5.35. The van der Waals surface area contributed by atoms with E-state index in [4.69, 9.17) is 15.9 Å². The molecule has 1 aliphatic carbocycles. The molecule has 0 radical (unpaired) electrons. The first kappa shape index (κ1) is 28.2. The van der Waals surface area contributed by atoms with E-state index in [1.165, 1.54) is 0 Å². The van der Waals surface area contributed by atoms with E-state index >= 15 is 0 Å². The summed E-state index contributed by atoms with van der Waals surface area (Å²) in [6, 6.07) is 31.4. The van der Waals surface area contributed by atoms with Crippen LogP contribution in [0.4, 0.5) is 4.79 Å². The molecule has 2 amide bonds. The van der Waals surface area contributed by atoms with Crippen LogP contribution in [0.1, 0.15) is 45.0 Å². The van der Waals surface area contributed by atoms with Gasteiger partial charge in [0.15, 0.2) is 0 Å². The highest BCUT2D eigenvalue weighted by atomic mass is 16.6. The van der Waals surface area contributed by atoms with Gasteiger partial charge in [0.05, 0.1) is 0 Å². The van der Waals surface area contributed by atoms with E-state index in [1.807, 2.05) is 66.7 Å². The average molecular weight is 559 g/mol. The van der Waals surface area contributed by atoms with Gasteiger partial charge in [-0.3, -0.25) is 4.79 Å². The van der Waals surface area contributed by atoms with Crippen molar-refractivity contribution in [1.82, 2.24) is 10.6 Å². The third-order valence-electron chi connectivity index (χ3n) is 7.14. The van der Waals surface area contributed by atoms with Crippen molar-refractivity contribution in [2.75, 3.05) is 6.61 Å². The van der Waals surface area contributed by atoms with Crippen molar-refractivity contribution in [3.63, 3.8) is 0 Å². The van der Waals surface area contributed by atoms with Gasteiger partial charge in [-0.25, -0.2) is 9.59 Å². The van der Waals surface area contributed by atoms with Crippen LogP contribution in [0.2, 0.25) is 0 Å². The summed E-state index contributed by atoms with van der Waals surface area (Å²) in [5.41, 5.74) is 6.60. The Morgan fingerprint density at radius 2 is 1.38 bits per heavy atom. The van der Waals surface area contributed by atoms with Crippen LogP contribution in [0.5, 0.6) is 0 Å². The highest BCUT2D eigenvalue weighted by Crippen LogP contribution is 2.44. The fraction of sp³-hybridized carbons (Fsp3) is 0.171. The molecule has 0 saturated carbocycles. The number of carbonyl (C=O) groups is 3. The van der Waals surface area contributed by atoms with Gasteiger partial charge in [0.25, 0.3) is 5.91 Å². The number of hydrogen-bond acceptors (Lipinski definition) is 5. The number of carbonyl (C=O) groups excluding carboxylic acids is 3. The maximum absolute atomic E-state index is 12.8. The minimum absolute atomic E-state index is 0.0435. The van der Waals surface area contributed by atoms with E-state index in [9.17, 15) is 14.4 Å². The second-order valence-electron chi connectivity index (χ2n) is 9.90. The Bertz CT molecular complexity index is 1560. The first-order valence-corrected chi connectivity index (χ1v) is 13.7. The molecule has 5 rings (SSSR count). The Balaban J connectivity index is 1.11. The van der Waals surface area contributed by atoms with Crippen molar-refractivity contribution in [2.45, 2.75) is 31.5 Å². The van der Waals surface area contributed by atoms with E-state index in [-0.39, 0.29) is 31.5 Å². The number of benzene rings is 4. The molecule has 4 aromatic carbocycles. The molecule has 42 heavy (non-hydrogen) atoms. The predicted molar refractivity (Wildman–Crippen MR) is 159 cm³/mol. The lowest BCUT2D eigenvalue weighted by Crippen LogP contribution is -2.42. The van der Waals surface area contributed by atoms with Gasteiger partial charge < -0.3 is 20.1 Å². The van der Waals surface area contributed by atoms with Crippen molar-refractivity contribution in [2.24, 2.45) is 0 Å². The van der Waals surface area contributed by atoms with E-state index in [2.05, 4.69) is 28.7 Å². The zero-order valence-electron chi connectivity index (χ0n) is 22.9. The number of rotatable bonds is 10. The lowest BCUT2D eigenvalue weighted by atomic mass is 9.98. The Morgan fingerprint density at radius 3 is 2.02 bits per heavy atom. The van der Waals surface area contributed by atoms with Crippen LogP contribution in [0.15, 0.2) is 103 Å². The van der Waals surface area contributed by atoms with Crippen molar-refractivity contribution in [3.05, 3.63) is 131 Å². The summed E-state index contributed by atoms with van der Waals surface area (Å²) in [7, 11) is 0. The van der Waals surface area contributed by atoms with Gasteiger partial charge in [-0.1, -0.05) is 91.0 Å². The molecule has 0 saturated heterocycles. The van der Waals surface area contributed by atoms with Gasteiger partial charge in [-0.15, -0.1) is 12.3 Å². The normalized spacial score (nSPS) is 12.3. The molecule has 0 aromatic heterocycles. The van der Waals surface area contributed by atoms with Gasteiger partial charge in [0.2, 0.25) is 0 Å². The number of nitrogens with one attached hydrogen (secondary N) is 2. The van der Waals surface area contributed by atoms with Crippen LogP contribution in [-0.4, -0.2) is 30.6 Å². The fourth-order valence-electron chi connectivity index (χ4n) is 4.98. The number of ether oxygens (including phenoxy) is 2. The van der Waals surface area contributed by atoms with Crippen LogP contribution in [0, 0.1) is 12.3 Å². The largest absolute Gasteiger partial charge is 0.459 e.